The molecule has 1 aliphatic rings. The minimum atomic E-state index is -0.453. The summed E-state index contributed by atoms with van der Waals surface area (Å²) in [5, 5.41) is 3.95. The van der Waals surface area contributed by atoms with E-state index >= 15 is 0 Å². The molecule has 122 valence electrons. The van der Waals surface area contributed by atoms with Gasteiger partial charge in [-0.3, -0.25) is 4.79 Å². The number of carbonyl (C=O) groups is 1. The van der Waals surface area contributed by atoms with E-state index in [2.05, 4.69) is 15.0 Å². The molecule has 0 unspecified atom stereocenters. The van der Waals surface area contributed by atoms with E-state index in [4.69, 9.17) is 4.52 Å². The van der Waals surface area contributed by atoms with Gasteiger partial charge in [-0.15, -0.1) is 0 Å². The molecule has 1 aliphatic heterocycles. The second-order valence-electron chi connectivity index (χ2n) is 6.08. The quantitative estimate of drug-likeness (QED) is 0.811. The minimum absolute atomic E-state index is 0.184. The van der Waals surface area contributed by atoms with Crippen molar-refractivity contribution >= 4 is 11.5 Å². The molecule has 5 nitrogen and oxygen atoms in total. The maximum Gasteiger partial charge on any atom is 0.223 e. The van der Waals surface area contributed by atoms with Gasteiger partial charge < -0.3 is 9.42 Å². The zero-order valence-corrected chi connectivity index (χ0v) is 13.4. The zero-order chi connectivity index (χ0) is 16.4. The lowest BCUT2D eigenvalue weighted by Gasteiger charge is -2.35. The van der Waals surface area contributed by atoms with Gasteiger partial charge >= 0.3 is 0 Å². The molecule has 2 aromatic rings. The third-order valence-corrected chi connectivity index (χ3v) is 4.24. The van der Waals surface area contributed by atoms with Gasteiger partial charge in [0, 0.05) is 26.4 Å². The van der Waals surface area contributed by atoms with Gasteiger partial charge in [0.1, 0.15) is 5.82 Å². The molecule has 23 heavy (non-hydrogen) atoms. The first-order chi connectivity index (χ1) is 11.0. The summed E-state index contributed by atoms with van der Waals surface area (Å²) in [4.78, 5) is 18.2. The lowest BCUT2D eigenvalue weighted by molar-refractivity contribution is 0.101. The van der Waals surface area contributed by atoms with Gasteiger partial charge in [-0.2, -0.15) is 4.98 Å². The number of hydrogen-bond donors (Lipinski definition) is 0. The van der Waals surface area contributed by atoms with Gasteiger partial charge in [0.05, 0.1) is 11.3 Å². The molecule has 0 spiro atoms. The zero-order valence-electron chi connectivity index (χ0n) is 13.4. The maximum atomic E-state index is 14.0. The van der Waals surface area contributed by atoms with Crippen LogP contribution in [0.2, 0.25) is 0 Å². The summed E-state index contributed by atoms with van der Waals surface area (Å²) in [6.07, 6.45) is 2.79. The molecule has 0 saturated carbocycles. The molecular weight excluding hydrogens is 297 g/mol. The third kappa shape index (κ3) is 3.41. The van der Waals surface area contributed by atoms with E-state index in [1.807, 2.05) is 6.07 Å². The Kier molecular flexibility index (Phi) is 4.41. The smallest absolute Gasteiger partial charge is 0.223 e. The van der Waals surface area contributed by atoms with Crippen molar-refractivity contribution in [3.8, 4) is 0 Å². The molecule has 0 bridgehead atoms. The van der Waals surface area contributed by atoms with Crippen molar-refractivity contribution in [2.45, 2.75) is 33.1 Å². The minimum Gasteiger partial charge on any atom is -0.371 e. The number of anilines is 1. The van der Waals surface area contributed by atoms with Crippen molar-refractivity contribution in [2.75, 3.05) is 18.0 Å². The van der Waals surface area contributed by atoms with Gasteiger partial charge in [-0.1, -0.05) is 11.2 Å². The van der Waals surface area contributed by atoms with Crippen LogP contribution in [-0.4, -0.2) is 29.0 Å². The van der Waals surface area contributed by atoms with Crippen LogP contribution >= 0.6 is 0 Å². The summed E-state index contributed by atoms with van der Waals surface area (Å²) >= 11 is 0. The van der Waals surface area contributed by atoms with E-state index in [1.54, 1.807) is 13.0 Å². The lowest BCUT2D eigenvalue weighted by atomic mass is 9.93. The predicted molar refractivity (Wildman–Crippen MR) is 84.1 cm³/mol. The number of halogens is 1. The van der Waals surface area contributed by atoms with Crippen molar-refractivity contribution < 1.29 is 13.7 Å². The second kappa shape index (κ2) is 6.48. The molecule has 0 aliphatic carbocycles. The molecule has 1 fully saturated rings. The summed E-state index contributed by atoms with van der Waals surface area (Å²) in [5.41, 5.74) is 0.870. The van der Waals surface area contributed by atoms with Crippen molar-refractivity contribution in [2.24, 2.45) is 5.92 Å². The molecule has 2 heterocycles. The first-order valence-electron chi connectivity index (χ1n) is 7.88. The highest BCUT2D eigenvalue weighted by molar-refractivity contribution is 6.00. The van der Waals surface area contributed by atoms with Crippen molar-refractivity contribution in [3.63, 3.8) is 0 Å². The fourth-order valence-electron chi connectivity index (χ4n) is 3.26. The highest BCUT2D eigenvalue weighted by atomic mass is 19.1. The predicted octanol–water partition coefficient (Wildman–Crippen LogP) is 3.18. The molecule has 3 rings (SSSR count). The normalized spacial score (nSPS) is 18.2. The molecule has 1 atom stereocenters. The van der Waals surface area contributed by atoms with Crippen LogP contribution in [0.5, 0.6) is 0 Å². The molecule has 0 amide bonds. The van der Waals surface area contributed by atoms with E-state index in [9.17, 15) is 9.18 Å². The summed E-state index contributed by atoms with van der Waals surface area (Å²) in [6, 6.07) is 4.81. The number of carbonyl (C=O) groups excluding carboxylic acids is 1. The van der Waals surface area contributed by atoms with Crippen molar-refractivity contribution in [3.05, 3.63) is 41.3 Å². The monoisotopic (exact) mass is 317 g/mol. The molecule has 1 aromatic heterocycles. The fraction of sp³-hybridized carbons (Fsp3) is 0.471. The first-order valence-corrected chi connectivity index (χ1v) is 7.88. The number of piperidine rings is 1. The summed E-state index contributed by atoms with van der Waals surface area (Å²) in [5.74, 6) is 0.945. The molecule has 0 radical (unpaired) electrons. The molecule has 1 saturated heterocycles. The Morgan fingerprint density at radius 2 is 2.30 bits per heavy atom. The van der Waals surface area contributed by atoms with Crippen LogP contribution in [0.1, 0.15) is 41.8 Å². The summed E-state index contributed by atoms with van der Waals surface area (Å²) in [6.45, 7) is 4.77. The Labute approximate surface area is 134 Å². The van der Waals surface area contributed by atoms with E-state index in [-0.39, 0.29) is 11.3 Å². The highest BCUT2D eigenvalue weighted by Crippen LogP contribution is 2.29. The highest BCUT2D eigenvalue weighted by Gasteiger charge is 2.25. The van der Waals surface area contributed by atoms with Gasteiger partial charge in [0.25, 0.3) is 0 Å². The van der Waals surface area contributed by atoms with Crippen LogP contribution in [-0.2, 0) is 6.42 Å². The SMILES string of the molecule is CC(=O)c1c(F)cccc1N1CCC[C@@H](Cc2noc(C)n2)C1. The third-order valence-electron chi connectivity index (χ3n) is 4.24. The Hall–Kier alpha value is -2.24. The Bertz CT molecular complexity index is 714. The molecule has 1 aromatic carbocycles. The van der Waals surface area contributed by atoms with Crippen LogP contribution in [0.25, 0.3) is 0 Å². The fourth-order valence-corrected chi connectivity index (χ4v) is 3.26. The number of benzene rings is 1. The first kappa shape index (κ1) is 15.6. The molecular formula is C17H20FN3O2. The van der Waals surface area contributed by atoms with Crippen LogP contribution in [0.15, 0.2) is 22.7 Å². The summed E-state index contributed by atoms with van der Waals surface area (Å²) in [7, 11) is 0. The number of aromatic nitrogens is 2. The van der Waals surface area contributed by atoms with Gasteiger partial charge in [-0.25, -0.2) is 4.39 Å². The average molecular weight is 317 g/mol. The molecule has 0 N–H and O–H groups in total. The van der Waals surface area contributed by atoms with Crippen molar-refractivity contribution in [1.82, 2.24) is 10.1 Å². The van der Waals surface area contributed by atoms with Gasteiger partial charge in [0.15, 0.2) is 11.6 Å². The Morgan fingerprint density at radius 3 is 3.00 bits per heavy atom. The standard InChI is InChI=1S/C17H20FN3O2/c1-11(22)17-14(18)6-3-7-15(17)21-8-4-5-13(10-21)9-16-19-12(2)23-20-16/h3,6-7,13H,4-5,8-10H2,1-2H3/t13-/m0/s1. The Morgan fingerprint density at radius 1 is 1.48 bits per heavy atom. The number of ketones is 1. The van der Waals surface area contributed by atoms with Crippen LogP contribution in [0.3, 0.4) is 0 Å². The van der Waals surface area contributed by atoms with Crippen LogP contribution < -0.4 is 4.90 Å². The van der Waals surface area contributed by atoms with Crippen LogP contribution in [0, 0.1) is 18.7 Å². The number of hydrogen-bond acceptors (Lipinski definition) is 5. The van der Waals surface area contributed by atoms with E-state index in [1.165, 1.54) is 13.0 Å². The van der Waals surface area contributed by atoms with E-state index in [0.717, 1.165) is 32.4 Å². The van der Waals surface area contributed by atoms with E-state index in [0.29, 0.717) is 23.3 Å². The largest absolute Gasteiger partial charge is 0.371 e. The number of aryl methyl sites for hydroxylation is 1. The second-order valence-corrected chi connectivity index (χ2v) is 6.08. The average Bonchev–Trinajstić information content (AvgIpc) is 2.92. The van der Waals surface area contributed by atoms with Gasteiger partial charge in [-0.05, 0) is 37.8 Å². The molecule has 6 heteroatoms. The van der Waals surface area contributed by atoms with Gasteiger partial charge in [0.2, 0.25) is 5.89 Å². The number of Topliss-reactive ketones (excluding diaryl/α,β-unsaturated/α-hetero) is 1. The van der Waals surface area contributed by atoms with Crippen LogP contribution in [0.4, 0.5) is 10.1 Å². The lowest BCUT2D eigenvalue weighted by Crippen LogP contribution is -2.37. The topological polar surface area (TPSA) is 59.2 Å². The van der Waals surface area contributed by atoms with Crippen molar-refractivity contribution in [1.29, 1.82) is 0 Å². The Balaban J connectivity index is 1.79. The maximum absolute atomic E-state index is 14.0. The number of rotatable bonds is 4. The number of nitrogens with zero attached hydrogens (tertiary/aromatic N) is 3. The summed E-state index contributed by atoms with van der Waals surface area (Å²) < 4.78 is 19.0. The van der Waals surface area contributed by atoms with E-state index < -0.39 is 5.82 Å².